The van der Waals surface area contributed by atoms with E-state index in [1.54, 1.807) is 0 Å². The molecule has 39 heavy (non-hydrogen) atoms. The first-order valence-corrected chi connectivity index (χ1v) is 20.0. The number of halogens is 1. The molecule has 1 spiro atoms. The van der Waals surface area contributed by atoms with Crippen molar-refractivity contribution in [3.05, 3.63) is 35.4 Å². The van der Waals surface area contributed by atoms with Gasteiger partial charge in [-0.05, 0) is 12.8 Å². The Morgan fingerprint density at radius 1 is 1.15 bits per heavy atom. The number of carbonyl (C=O) groups excluding carboxylic acids is 2. The third kappa shape index (κ3) is 7.24. The van der Waals surface area contributed by atoms with Gasteiger partial charge in [-0.25, -0.2) is 0 Å². The summed E-state index contributed by atoms with van der Waals surface area (Å²) in [6, 6.07) is 8.52. The SMILES string of the molecule is CI(C)C1CCC(N2CCC3(CC2)C(=O)N(CCNC(=O)[C@H](N)CCCN=C(N)N)Cc2ccccc23)CC1. The molecule has 2 aliphatic heterocycles. The molecule has 10 heteroatoms. The normalized spacial score (nSPS) is 24.1. The van der Waals surface area contributed by atoms with Crippen LogP contribution in [0.3, 0.4) is 0 Å². The Balaban J connectivity index is 1.33. The van der Waals surface area contributed by atoms with Gasteiger partial charge in [-0.3, -0.25) is 9.79 Å². The minimum atomic E-state index is -0.720. The van der Waals surface area contributed by atoms with Crippen LogP contribution < -0.4 is 22.5 Å². The predicted octanol–water partition coefficient (Wildman–Crippen LogP) is 1.94. The molecule has 7 N–H and O–H groups in total. The average molecular weight is 654 g/mol. The number of rotatable bonds is 10. The predicted molar refractivity (Wildman–Crippen MR) is 167 cm³/mol. The molecule has 2 amide bonds. The monoisotopic (exact) mass is 653 g/mol. The Hall–Kier alpha value is -1.92. The van der Waals surface area contributed by atoms with Crippen molar-refractivity contribution in [1.29, 1.82) is 0 Å². The van der Waals surface area contributed by atoms with Crippen LogP contribution in [0.1, 0.15) is 62.5 Å². The Morgan fingerprint density at radius 2 is 1.85 bits per heavy atom. The van der Waals surface area contributed by atoms with E-state index < -0.39 is 31.3 Å². The molecule has 0 bridgehead atoms. The van der Waals surface area contributed by atoms with Crippen LogP contribution in [0, 0.1) is 0 Å². The molecule has 1 atom stereocenters. The zero-order chi connectivity index (χ0) is 28.0. The molecule has 1 aromatic carbocycles. The van der Waals surface area contributed by atoms with Gasteiger partial charge in [0.25, 0.3) is 0 Å². The van der Waals surface area contributed by atoms with Crippen molar-refractivity contribution in [2.24, 2.45) is 22.2 Å². The summed E-state index contributed by atoms with van der Waals surface area (Å²) < 4.78 is 1.02. The van der Waals surface area contributed by atoms with Crippen molar-refractivity contribution in [2.45, 2.75) is 79.3 Å². The summed E-state index contributed by atoms with van der Waals surface area (Å²) in [7, 11) is 0. The van der Waals surface area contributed by atoms with E-state index >= 15 is 0 Å². The molecule has 0 unspecified atom stereocenters. The van der Waals surface area contributed by atoms with Gasteiger partial charge >= 0.3 is 172 Å². The molecule has 4 rings (SSSR count). The summed E-state index contributed by atoms with van der Waals surface area (Å²) in [5, 5.41) is 2.93. The van der Waals surface area contributed by atoms with E-state index in [9.17, 15) is 9.59 Å². The molecule has 3 aliphatic rings. The van der Waals surface area contributed by atoms with Gasteiger partial charge in [0.1, 0.15) is 0 Å². The fraction of sp³-hybridized carbons (Fsp3) is 0.690. The summed E-state index contributed by atoms with van der Waals surface area (Å²) in [4.78, 5) is 40.1. The number of carbonyl (C=O) groups is 2. The molecular formula is C29H48IN7O2. The summed E-state index contributed by atoms with van der Waals surface area (Å²) >= 11 is -0.720. The van der Waals surface area contributed by atoms with Crippen LogP contribution in [0.25, 0.3) is 0 Å². The Kier molecular flexibility index (Phi) is 10.5. The van der Waals surface area contributed by atoms with Crippen LogP contribution >= 0.6 is 19.8 Å². The van der Waals surface area contributed by atoms with Gasteiger partial charge in [0.05, 0.1) is 6.04 Å². The molecule has 2 fully saturated rings. The first-order valence-electron chi connectivity index (χ1n) is 14.4. The Morgan fingerprint density at radius 3 is 2.51 bits per heavy atom. The van der Waals surface area contributed by atoms with E-state index in [1.807, 2.05) is 4.90 Å². The van der Waals surface area contributed by atoms with Gasteiger partial charge in [-0.1, -0.05) is 0 Å². The molecule has 1 saturated heterocycles. The second-order valence-corrected chi connectivity index (χ2v) is 18.0. The van der Waals surface area contributed by atoms with Crippen molar-refractivity contribution in [2.75, 3.05) is 42.6 Å². The average Bonchev–Trinajstić information content (AvgIpc) is 2.94. The summed E-state index contributed by atoms with van der Waals surface area (Å²) in [5.41, 5.74) is 18.7. The molecule has 9 nitrogen and oxygen atoms in total. The molecule has 1 saturated carbocycles. The van der Waals surface area contributed by atoms with Crippen LogP contribution in [0.5, 0.6) is 0 Å². The number of aliphatic imine (C=N–C) groups is 1. The summed E-state index contributed by atoms with van der Waals surface area (Å²) in [5.74, 6) is 0.0502. The van der Waals surface area contributed by atoms with E-state index in [0.29, 0.717) is 45.1 Å². The number of likely N-dealkylation sites (tertiary alicyclic amines) is 1. The van der Waals surface area contributed by atoms with Crippen molar-refractivity contribution >= 4 is 37.6 Å². The number of nitrogens with zero attached hydrogens (tertiary/aromatic N) is 3. The van der Waals surface area contributed by atoms with Crippen LogP contribution in [0.4, 0.5) is 0 Å². The third-order valence-corrected chi connectivity index (χ3v) is 13.8. The van der Waals surface area contributed by atoms with Crippen LogP contribution in [0.15, 0.2) is 29.3 Å². The number of hydrogen-bond acceptors (Lipinski definition) is 5. The molecular weight excluding hydrogens is 605 g/mol. The van der Waals surface area contributed by atoms with Crippen molar-refractivity contribution in [3.8, 4) is 0 Å². The van der Waals surface area contributed by atoms with Gasteiger partial charge in [0.2, 0.25) is 5.91 Å². The number of nitrogens with two attached hydrogens (primary N) is 3. The molecule has 0 aromatic heterocycles. The number of guanidine groups is 1. The van der Waals surface area contributed by atoms with E-state index in [1.165, 1.54) is 36.8 Å². The zero-order valence-electron chi connectivity index (χ0n) is 23.7. The van der Waals surface area contributed by atoms with Crippen LogP contribution in [0.2, 0.25) is 0 Å². The number of nitrogens with one attached hydrogen (secondary N) is 1. The third-order valence-electron chi connectivity index (χ3n) is 8.99. The molecule has 1 aliphatic carbocycles. The molecule has 218 valence electrons. The van der Waals surface area contributed by atoms with E-state index in [4.69, 9.17) is 17.2 Å². The van der Waals surface area contributed by atoms with Gasteiger partial charge in [0.15, 0.2) is 5.96 Å². The van der Waals surface area contributed by atoms with Crippen LogP contribution in [-0.4, -0.2) is 86.2 Å². The van der Waals surface area contributed by atoms with Crippen molar-refractivity contribution in [1.82, 2.24) is 15.1 Å². The first-order chi connectivity index (χ1) is 18.7. The number of fused-ring (bicyclic) bond motifs is 2. The molecule has 2 heterocycles. The molecule has 1 aromatic rings. The number of piperidine rings is 1. The topological polar surface area (TPSA) is 143 Å². The number of amides is 2. The van der Waals surface area contributed by atoms with E-state index in [0.717, 1.165) is 29.9 Å². The molecule has 0 radical (unpaired) electrons. The van der Waals surface area contributed by atoms with Gasteiger partial charge in [-0.2, -0.15) is 0 Å². The standard InChI is InChI=1S/C29H48IN7O2/c1-30(2)22-9-11-23(12-10-22)36-17-13-29(14-18-36)24-7-4-3-6-21(24)20-37(27(29)39)19-16-34-26(38)25(31)8-5-15-35-28(32)33/h3-4,6-7,22-23,25H,5,8-20,31H2,1-2H3,(H,34,38)(H4,32,33,35)/t22?,23?,25-/m1/s1. The van der Waals surface area contributed by atoms with Gasteiger partial charge < -0.3 is 22.5 Å². The minimum absolute atomic E-state index is 0.0412. The van der Waals surface area contributed by atoms with Crippen LogP contribution in [-0.2, 0) is 21.5 Å². The fourth-order valence-corrected chi connectivity index (χ4v) is 9.90. The maximum atomic E-state index is 14.0. The van der Waals surface area contributed by atoms with E-state index in [2.05, 4.69) is 49.3 Å². The van der Waals surface area contributed by atoms with Gasteiger partial charge in [0, 0.05) is 6.54 Å². The Bertz CT molecular complexity index is 1010. The maximum absolute atomic E-state index is 14.0. The zero-order valence-corrected chi connectivity index (χ0v) is 25.9. The quantitative estimate of drug-likeness (QED) is 0.100. The van der Waals surface area contributed by atoms with Crippen molar-refractivity contribution in [3.63, 3.8) is 0 Å². The summed E-state index contributed by atoms with van der Waals surface area (Å²) in [6.45, 7) is 3.87. The second kappa shape index (κ2) is 13.6. The van der Waals surface area contributed by atoms with Gasteiger partial charge in [-0.15, -0.1) is 0 Å². The second-order valence-electron chi connectivity index (χ2n) is 11.6. The Labute approximate surface area is 241 Å². The number of alkyl halides is 3. The number of hydrogen-bond donors (Lipinski definition) is 4. The summed E-state index contributed by atoms with van der Waals surface area (Å²) in [6.07, 6.45) is 8.30. The fourth-order valence-electron chi connectivity index (χ4n) is 6.69. The van der Waals surface area contributed by atoms with E-state index in [-0.39, 0.29) is 17.8 Å². The first kappa shape index (κ1) is 30.0. The number of benzene rings is 1. The van der Waals surface area contributed by atoms with Crippen molar-refractivity contribution < 1.29 is 9.59 Å².